The smallest absolute Gasteiger partial charge is 0.0849 e. The van der Waals surface area contributed by atoms with E-state index in [1.807, 2.05) is 52.0 Å². The molecule has 0 aliphatic heterocycles. The van der Waals surface area contributed by atoms with E-state index in [0.717, 1.165) is 45.3 Å². The Morgan fingerprint density at radius 1 is 0.758 bits per heavy atom. The van der Waals surface area contributed by atoms with Crippen LogP contribution in [0.25, 0.3) is 0 Å². The second-order valence-electron chi connectivity index (χ2n) is 9.31. The van der Waals surface area contributed by atoms with E-state index >= 15 is 0 Å². The van der Waals surface area contributed by atoms with Gasteiger partial charge >= 0.3 is 0 Å². The molecule has 33 heavy (non-hydrogen) atoms. The molecule has 1 heterocycles. The first-order valence-electron chi connectivity index (χ1n) is 11.6. The van der Waals surface area contributed by atoms with Gasteiger partial charge in [0, 0.05) is 0 Å². The molecule has 0 amide bonds. The highest BCUT2D eigenvalue weighted by Crippen LogP contribution is 2.35. The minimum Gasteiger partial charge on any atom is -0.251 e. The summed E-state index contributed by atoms with van der Waals surface area (Å²) in [4.78, 5) is 14.8. The lowest BCUT2D eigenvalue weighted by Crippen LogP contribution is -2.06. The summed E-state index contributed by atoms with van der Waals surface area (Å²) >= 11 is 6.47. The Morgan fingerprint density at radius 3 is 1.73 bits per heavy atom. The minimum atomic E-state index is 0.395. The maximum atomic E-state index is 6.47. The molecule has 0 fully saturated rings. The van der Waals surface area contributed by atoms with Crippen molar-refractivity contribution >= 4 is 34.4 Å². The van der Waals surface area contributed by atoms with Crippen molar-refractivity contribution in [1.82, 2.24) is 4.98 Å². The van der Waals surface area contributed by atoms with Gasteiger partial charge in [0.25, 0.3) is 0 Å². The highest BCUT2D eigenvalue weighted by molar-refractivity contribution is 6.33. The van der Waals surface area contributed by atoms with Crippen LogP contribution in [0.15, 0.2) is 58.5 Å². The number of halogens is 1. The van der Waals surface area contributed by atoms with Crippen molar-refractivity contribution in [1.29, 1.82) is 0 Å². The molecule has 0 radical (unpaired) electrons. The van der Waals surface area contributed by atoms with E-state index < -0.39 is 0 Å². The Kier molecular flexibility index (Phi) is 7.86. The SMILES string of the molecule is CC(=Nc1c(C)cc(C)cc1Cl)c1cccc(C(C)=Nc2c(C(C)C)cccc2C(C)C)n1. The van der Waals surface area contributed by atoms with E-state index in [1.165, 1.54) is 11.1 Å². The first-order valence-corrected chi connectivity index (χ1v) is 11.9. The summed E-state index contributed by atoms with van der Waals surface area (Å²) in [5, 5.41) is 0.659. The number of rotatable bonds is 6. The highest BCUT2D eigenvalue weighted by Gasteiger charge is 2.14. The molecule has 0 bridgehead atoms. The van der Waals surface area contributed by atoms with E-state index in [2.05, 4.69) is 52.0 Å². The van der Waals surface area contributed by atoms with Gasteiger partial charge in [0.2, 0.25) is 0 Å². The second-order valence-corrected chi connectivity index (χ2v) is 9.72. The van der Waals surface area contributed by atoms with Gasteiger partial charge in [-0.1, -0.05) is 69.6 Å². The highest BCUT2D eigenvalue weighted by atomic mass is 35.5. The lowest BCUT2D eigenvalue weighted by molar-refractivity contribution is 0.834. The van der Waals surface area contributed by atoms with Crippen LogP contribution in [0.3, 0.4) is 0 Å². The molecule has 3 rings (SSSR count). The molecule has 0 aliphatic carbocycles. The van der Waals surface area contributed by atoms with Gasteiger partial charge in [-0.05, 0) is 80.0 Å². The summed E-state index contributed by atoms with van der Waals surface area (Å²) in [7, 11) is 0. The maximum absolute atomic E-state index is 6.47. The fourth-order valence-corrected chi connectivity index (χ4v) is 4.34. The summed E-state index contributed by atoms with van der Waals surface area (Å²) < 4.78 is 0. The van der Waals surface area contributed by atoms with Crippen molar-refractivity contribution < 1.29 is 0 Å². The zero-order valence-electron chi connectivity index (χ0n) is 21.0. The van der Waals surface area contributed by atoms with E-state index in [9.17, 15) is 0 Å². The molecular weight excluding hydrogens is 426 g/mol. The third kappa shape index (κ3) is 5.78. The zero-order valence-corrected chi connectivity index (χ0v) is 21.7. The zero-order chi connectivity index (χ0) is 24.3. The summed E-state index contributed by atoms with van der Waals surface area (Å²) in [6.45, 7) is 16.9. The van der Waals surface area contributed by atoms with Crippen LogP contribution in [0.4, 0.5) is 11.4 Å². The number of benzene rings is 2. The van der Waals surface area contributed by atoms with Crippen LogP contribution < -0.4 is 0 Å². The van der Waals surface area contributed by atoms with Crippen molar-refractivity contribution in [2.75, 3.05) is 0 Å². The van der Waals surface area contributed by atoms with Crippen LogP contribution in [0.2, 0.25) is 5.02 Å². The Morgan fingerprint density at radius 2 is 1.24 bits per heavy atom. The number of aromatic nitrogens is 1. The van der Waals surface area contributed by atoms with Crippen LogP contribution in [-0.4, -0.2) is 16.4 Å². The number of nitrogens with zero attached hydrogens (tertiary/aromatic N) is 3. The Bertz CT molecular complexity index is 1170. The third-order valence-corrected chi connectivity index (χ3v) is 6.08. The Labute approximate surface area is 203 Å². The van der Waals surface area contributed by atoms with Gasteiger partial charge in [-0.15, -0.1) is 0 Å². The standard InChI is InChI=1S/C29H34ClN3/c1-17(2)23-11-9-12-24(18(3)4)29(23)32-22(8)27-14-10-13-26(33-27)21(7)31-28-20(6)15-19(5)16-25(28)30/h9-18H,1-8H3. The van der Waals surface area contributed by atoms with Crippen molar-refractivity contribution in [2.24, 2.45) is 9.98 Å². The molecular formula is C29H34ClN3. The van der Waals surface area contributed by atoms with Crippen molar-refractivity contribution in [3.63, 3.8) is 0 Å². The molecule has 0 aliphatic rings. The normalized spacial score (nSPS) is 12.7. The maximum Gasteiger partial charge on any atom is 0.0849 e. The van der Waals surface area contributed by atoms with Gasteiger partial charge < -0.3 is 0 Å². The second kappa shape index (κ2) is 10.4. The fourth-order valence-electron chi connectivity index (χ4n) is 3.98. The number of aryl methyl sites for hydroxylation is 2. The summed E-state index contributed by atoms with van der Waals surface area (Å²) in [5.41, 5.74) is 9.96. The molecule has 0 atom stereocenters. The summed E-state index contributed by atoms with van der Waals surface area (Å²) in [6.07, 6.45) is 0. The molecule has 4 heteroatoms. The minimum absolute atomic E-state index is 0.395. The molecule has 3 aromatic rings. The summed E-state index contributed by atoms with van der Waals surface area (Å²) in [5.74, 6) is 0.790. The number of hydrogen-bond donors (Lipinski definition) is 0. The van der Waals surface area contributed by atoms with Gasteiger partial charge in [0.15, 0.2) is 0 Å². The lowest BCUT2D eigenvalue weighted by atomic mass is 9.93. The lowest BCUT2D eigenvalue weighted by Gasteiger charge is -2.17. The number of aliphatic imine (C=N–C) groups is 2. The summed E-state index contributed by atoms with van der Waals surface area (Å²) in [6, 6.07) is 16.5. The average Bonchev–Trinajstić information content (AvgIpc) is 2.75. The number of hydrogen-bond acceptors (Lipinski definition) is 3. The van der Waals surface area contributed by atoms with Crippen LogP contribution in [0.1, 0.15) is 87.0 Å². The first kappa shape index (κ1) is 24.9. The van der Waals surface area contributed by atoms with Crippen LogP contribution in [0, 0.1) is 13.8 Å². The van der Waals surface area contributed by atoms with Crippen LogP contribution in [-0.2, 0) is 0 Å². The third-order valence-electron chi connectivity index (χ3n) is 5.79. The fraction of sp³-hybridized carbons (Fsp3) is 0.345. The molecule has 172 valence electrons. The van der Waals surface area contributed by atoms with E-state index in [1.54, 1.807) is 0 Å². The first-order chi connectivity index (χ1) is 15.6. The number of pyridine rings is 1. The Balaban J connectivity index is 2.04. The molecule has 3 nitrogen and oxygen atoms in total. The molecule has 1 aromatic heterocycles. The van der Waals surface area contributed by atoms with Gasteiger partial charge in [0.1, 0.15) is 0 Å². The number of para-hydroxylation sites is 1. The quantitative estimate of drug-likeness (QED) is 0.339. The van der Waals surface area contributed by atoms with Crippen molar-refractivity contribution in [2.45, 2.75) is 67.2 Å². The van der Waals surface area contributed by atoms with Crippen molar-refractivity contribution in [3.05, 3.63) is 87.2 Å². The molecule has 2 aromatic carbocycles. The molecule has 0 saturated heterocycles. The molecule has 0 spiro atoms. The Hall–Kier alpha value is -2.78. The largest absolute Gasteiger partial charge is 0.251 e. The predicted molar refractivity (Wildman–Crippen MR) is 144 cm³/mol. The van der Waals surface area contributed by atoms with Gasteiger partial charge in [-0.3, -0.25) is 4.99 Å². The predicted octanol–water partition coefficient (Wildman–Crippen LogP) is 8.88. The van der Waals surface area contributed by atoms with Gasteiger partial charge in [0.05, 0.1) is 39.2 Å². The average molecular weight is 460 g/mol. The van der Waals surface area contributed by atoms with Crippen LogP contribution in [0.5, 0.6) is 0 Å². The van der Waals surface area contributed by atoms with E-state index in [4.69, 9.17) is 26.6 Å². The van der Waals surface area contributed by atoms with Gasteiger partial charge in [-0.25, -0.2) is 9.98 Å². The van der Waals surface area contributed by atoms with E-state index in [0.29, 0.717) is 16.9 Å². The molecule has 0 saturated carbocycles. The van der Waals surface area contributed by atoms with Gasteiger partial charge in [-0.2, -0.15) is 0 Å². The van der Waals surface area contributed by atoms with E-state index in [-0.39, 0.29) is 0 Å². The molecule has 0 N–H and O–H groups in total. The van der Waals surface area contributed by atoms with Crippen molar-refractivity contribution in [3.8, 4) is 0 Å². The monoisotopic (exact) mass is 459 g/mol. The van der Waals surface area contributed by atoms with Crippen LogP contribution >= 0.6 is 11.6 Å². The molecule has 0 unspecified atom stereocenters. The topological polar surface area (TPSA) is 37.6 Å².